The number of carbonyl (C=O) groups is 1. The van der Waals surface area contributed by atoms with Gasteiger partial charge < -0.3 is 9.47 Å². The number of benzene rings is 1. The van der Waals surface area contributed by atoms with Gasteiger partial charge in [0.05, 0.1) is 24.4 Å². The summed E-state index contributed by atoms with van der Waals surface area (Å²) in [7, 11) is 1.87. The number of hydrogen-bond acceptors (Lipinski definition) is 2. The van der Waals surface area contributed by atoms with Gasteiger partial charge in [0.25, 0.3) is 0 Å². The fraction of sp³-hybridized carbons (Fsp3) is 0.333. The lowest BCUT2D eigenvalue weighted by atomic mass is 10.1. The van der Waals surface area contributed by atoms with Gasteiger partial charge in [0.15, 0.2) is 0 Å². The summed E-state index contributed by atoms with van der Waals surface area (Å²) in [6, 6.07) is 7.45. The van der Waals surface area contributed by atoms with Crippen molar-refractivity contribution in [3.63, 3.8) is 0 Å². The Morgan fingerprint density at radius 1 is 1.33 bits per heavy atom. The van der Waals surface area contributed by atoms with Gasteiger partial charge >= 0.3 is 0 Å². The predicted molar refractivity (Wildman–Crippen MR) is 82.5 cm³/mol. The predicted octanol–water partition coefficient (Wildman–Crippen LogP) is 2.85. The highest BCUT2D eigenvalue weighted by Gasteiger charge is 2.25. The van der Waals surface area contributed by atoms with Gasteiger partial charge in [0, 0.05) is 25.0 Å². The van der Waals surface area contributed by atoms with Gasteiger partial charge in [-0.3, -0.25) is 4.79 Å². The number of halogens is 2. The quantitative estimate of drug-likeness (QED) is 0.852. The highest BCUT2D eigenvalue weighted by Crippen LogP contribution is 2.23. The van der Waals surface area contributed by atoms with Crippen LogP contribution in [0.1, 0.15) is 17.0 Å². The van der Waals surface area contributed by atoms with Crippen molar-refractivity contribution in [2.24, 2.45) is 7.05 Å². The smallest absolute Gasteiger partial charge is 0.227 e. The van der Waals surface area contributed by atoms with Crippen LogP contribution in [0, 0.1) is 0 Å². The van der Waals surface area contributed by atoms with Crippen LogP contribution in [0.4, 0.5) is 0 Å². The van der Waals surface area contributed by atoms with Crippen molar-refractivity contribution in [1.29, 1.82) is 0 Å². The van der Waals surface area contributed by atoms with Gasteiger partial charge in [-0.25, -0.2) is 4.98 Å². The van der Waals surface area contributed by atoms with Crippen LogP contribution in [0.3, 0.4) is 0 Å². The molecule has 2 aromatic rings. The second-order valence-electron chi connectivity index (χ2n) is 5.17. The zero-order chi connectivity index (χ0) is 15.0. The van der Waals surface area contributed by atoms with Crippen molar-refractivity contribution in [1.82, 2.24) is 14.5 Å². The lowest BCUT2D eigenvalue weighted by Gasteiger charge is -2.27. The standard InChI is InChI=1S/C15H15Cl2N3O/c1-19-13-9-20(7-6-12(13)18-15(19)17)14(21)8-10-4-2-3-5-11(10)16/h2-5H,6-9H2,1H3. The van der Waals surface area contributed by atoms with E-state index >= 15 is 0 Å². The second-order valence-corrected chi connectivity index (χ2v) is 5.91. The van der Waals surface area contributed by atoms with Crippen LogP contribution in [0.25, 0.3) is 0 Å². The molecule has 0 saturated heterocycles. The molecule has 0 N–H and O–H groups in total. The number of rotatable bonds is 2. The maximum absolute atomic E-state index is 12.5. The molecule has 110 valence electrons. The Bertz CT molecular complexity index is 696. The van der Waals surface area contributed by atoms with E-state index in [9.17, 15) is 4.79 Å². The number of fused-ring (bicyclic) bond motifs is 1. The molecule has 1 aromatic carbocycles. The maximum atomic E-state index is 12.5. The van der Waals surface area contributed by atoms with Crippen molar-refractivity contribution >= 4 is 29.1 Å². The van der Waals surface area contributed by atoms with Gasteiger partial charge in [-0.2, -0.15) is 0 Å². The molecule has 0 aliphatic carbocycles. The van der Waals surface area contributed by atoms with Crippen LogP contribution in [-0.4, -0.2) is 26.9 Å². The summed E-state index contributed by atoms with van der Waals surface area (Å²) >= 11 is 12.1. The molecule has 1 amide bonds. The molecule has 0 unspecified atom stereocenters. The Hall–Kier alpha value is -1.52. The SMILES string of the molecule is Cn1c(Cl)nc2c1CN(C(=O)Cc1ccccc1Cl)CC2. The minimum Gasteiger partial charge on any atom is -0.336 e. The first-order valence-electron chi connectivity index (χ1n) is 6.77. The Kier molecular flexibility index (Phi) is 3.91. The summed E-state index contributed by atoms with van der Waals surface area (Å²) in [5, 5.41) is 1.10. The van der Waals surface area contributed by atoms with E-state index in [1.807, 2.05) is 34.7 Å². The minimum atomic E-state index is 0.0751. The molecule has 3 rings (SSSR count). The largest absolute Gasteiger partial charge is 0.336 e. The van der Waals surface area contributed by atoms with Crippen LogP contribution < -0.4 is 0 Å². The molecule has 1 aliphatic heterocycles. The molecule has 1 aromatic heterocycles. The summed E-state index contributed by atoms with van der Waals surface area (Å²) in [4.78, 5) is 18.6. The third kappa shape index (κ3) is 2.78. The van der Waals surface area contributed by atoms with Crippen LogP contribution >= 0.6 is 23.2 Å². The van der Waals surface area contributed by atoms with Crippen LogP contribution in [0.2, 0.25) is 10.3 Å². The molecule has 0 atom stereocenters. The van der Waals surface area contributed by atoms with E-state index in [1.54, 1.807) is 6.07 Å². The molecule has 0 fully saturated rings. The van der Waals surface area contributed by atoms with Crippen molar-refractivity contribution in [3.05, 3.63) is 51.5 Å². The van der Waals surface area contributed by atoms with E-state index in [2.05, 4.69) is 4.98 Å². The average Bonchev–Trinajstić information content (AvgIpc) is 2.76. The summed E-state index contributed by atoms with van der Waals surface area (Å²) in [5.74, 6) is 0.0751. The van der Waals surface area contributed by atoms with Crippen LogP contribution in [0.5, 0.6) is 0 Å². The second kappa shape index (κ2) is 5.70. The molecule has 0 radical (unpaired) electrons. The lowest BCUT2D eigenvalue weighted by Crippen LogP contribution is -2.37. The number of amides is 1. The Morgan fingerprint density at radius 2 is 2.10 bits per heavy atom. The molecule has 4 nitrogen and oxygen atoms in total. The summed E-state index contributed by atoms with van der Waals surface area (Å²) in [6.45, 7) is 1.22. The number of hydrogen-bond donors (Lipinski definition) is 0. The monoisotopic (exact) mass is 323 g/mol. The van der Waals surface area contributed by atoms with E-state index in [-0.39, 0.29) is 5.91 Å². The normalized spacial score (nSPS) is 14.1. The first-order chi connectivity index (χ1) is 10.1. The van der Waals surface area contributed by atoms with Crippen molar-refractivity contribution in [2.75, 3.05) is 6.54 Å². The molecule has 2 heterocycles. The Labute approximate surface area is 133 Å². The summed E-state index contributed by atoms with van der Waals surface area (Å²) < 4.78 is 1.84. The van der Waals surface area contributed by atoms with Crippen LogP contribution in [-0.2, 0) is 31.2 Å². The average molecular weight is 324 g/mol. The third-order valence-corrected chi connectivity index (χ3v) is 4.56. The fourth-order valence-corrected chi connectivity index (χ4v) is 2.99. The number of imidazole rings is 1. The zero-order valence-electron chi connectivity index (χ0n) is 11.6. The van der Waals surface area contributed by atoms with E-state index in [4.69, 9.17) is 23.2 Å². The number of nitrogens with zero attached hydrogens (tertiary/aromatic N) is 3. The van der Waals surface area contributed by atoms with E-state index in [1.165, 1.54) is 0 Å². The van der Waals surface area contributed by atoms with Gasteiger partial charge in [-0.15, -0.1) is 0 Å². The van der Waals surface area contributed by atoms with Crippen molar-refractivity contribution in [2.45, 2.75) is 19.4 Å². The molecule has 6 heteroatoms. The van der Waals surface area contributed by atoms with Gasteiger partial charge in [0.1, 0.15) is 0 Å². The molecule has 0 saturated carbocycles. The lowest BCUT2D eigenvalue weighted by molar-refractivity contribution is -0.131. The summed E-state index contributed by atoms with van der Waals surface area (Å²) in [5.41, 5.74) is 2.86. The highest BCUT2D eigenvalue weighted by molar-refractivity contribution is 6.31. The maximum Gasteiger partial charge on any atom is 0.227 e. The van der Waals surface area contributed by atoms with Gasteiger partial charge in [-0.05, 0) is 23.2 Å². The van der Waals surface area contributed by atoms with Gasteiger partial charge in [0.2, 0.25) is 11.2 Å². The minimum absolute atomic E-state index is 0.0751. The third-order valence-electron chi connectivity index (χ3n) is 3.85. The van der Waals surface area contributed by atoms with Gasteiger partial charge in [-0.1, -0.05) is 29.8 Å². The molecule has 0 spiro atoms. The van der Waals surface area contributed by atoms with Crippen molar-refractivity contribution < 1.29 is 4.79 Å². The topological polar surface area (TPSA) is 38.1 Å². The first kappa shape index (κ1) is 14.4. The zero-order valence-corrected chi connectivity index (χ0v) is 13.2. The molecular formula is C15H15Cl2N3O. The molecular weight excluding hydrogens is 309 g/mol. The summed E-state index contributed by atoms with van der Waals surface area (Å²) in [6.07, 6.45) is 1.06. The van der Waals surface area contributed by atoms with E-state index < -0.39 is 0 Å². The van der Waals surface area contributed by atoms with Crippen molar-refractivity contribution in [3.8, 4) is 0 Å². The molecule has 1 aliphatic rings. The Morgan fingerprint density at radius 3 is 2.86 bits per heavy atom. The Balaban J connectivity index is 1.75. The molecule has 21 heavy (non-hydrogen) atoms. The number of aromatic nitrogens is 2. The highest BCUT2D eigenvalue weighted by atomic mass is 35.5. The van der Waals surface area contributed by atoms with E-state index in [0.29, 0.717) is 29.8 Å². The van der Waals surface area contributed by atoms with Crippen LogP contribution in [0.15, 0.2) is 24.3 Å². The molecule has 0 bridgehead atoms. The number of carbonyl (C=O) groups excluding carboxylic acids is 1. The first-order valence-corrected chi connectivity index (χ1v) is 7.53. The van der Waals surface area contributed by atoms with E-state index in [0.717, 1.165) is 23.4 Å². The fourth-order valence-electron chi connectivity index (χ4n) is 2.58.